The lowest BCUT2D eigenvalue weighted by atomic mass is 10.0. The highest BCUT2D eigenvalue weighted by molar-refractivity contribution is 5.76. The van der Waals surface area contributed by atoms with Gasteiger partial charge in [-0.3, -0.25) is 4.79 Å². The second-order valence-electron chi connectivity index (χ2n) is 11.1. The predicted octanol–water partition coefficient (Wildman–Crippen LogP) is 7.75. The van der Waals surface area contributed by atoms with E-state index >= 15 is 0 Å². The second-order valence-corrected chi connectivity index (χ2v) is 11.1. The summed E-state index contributed by atoms with van der Waals surface area (Å²) >= 11 is 0. The van der Waals surface area contributed by atoms with Crippen LogP contribution in [0.25, 0.3) is 0 Å². The molecule has 0 saturated carbocycles. The topological polar surface area (TPSA) is 89.8 Å². The Balaban J connectivity index is 3.80. The minimum absolute atomic E-state index is 0.0168. The average Bonchev–Trinajstić information content (AvgIpc) is 2.88. The van der Waals surface area contributed by atoms with Crippen molar-refractivity contribution in [2.45, 2.75) is 180 Å². The number of rotatable bonds is 28. The number of amides is 1. The quantitative estimate of drug-likeness (QED) is 0.0621. The van der Waals surface area contributed by atoms with Gasteiger partial charge in [0.1, 0.15) is 0 Å². The van der Waals surface area contributed by atoms with Gasteiger partial charge in [-0.15, -0.1) is 0 Å². The third kappa shape index (κ3) is 25.1. The molecule has 0 aromatic carbocycles. The predicted molar refractivity (Wildman–Crippen MR) is 158 cm³/mol. The standard InChI is InChI=1S/C32H63NO4/c1-3-5-7-9-11-13-15-16-18-20-22-24-26-31(36)30(28-34)33-32(37)27-29(35)25-23-21-19-17-14-12-10-8-6-4-2/h24,26,29-31,34-36H,3-23,25,27-28H2,1-2H3,(H,33,37)/b26-24+. The number of carbonyl (C=O) groups excluding carboxylic acids is 1. The van der Waals surface area contributed by atoms with Crippen LogP contribution in [0.4, 0.5) is 0 Å². The smallest absolute Gasteiger partial charge is 0.222 e. The molecule has 5 nitrogen and oxygen atoms in total. The van der Waals surface area contributed by atoms with Crippen LogP contribution in [-0.4, -0.2) is 46.1 Å². The lowest BCUT2D eigenvalue weighted by molar-refractivity contribution is -0.124. The van der Waals surface area contributed by atoms with Crippen molar-refractivity contribution in [2.75, 3.05) is 6.61 Å². The van der Waals surface area contributed by atoms with Crippen LogP contribution in [0.2, 0.25) is 0 Å². The largest absolute Gasteiger partial charge is 0.394 e. The number of unbranched alkanes of at least 4 members (excludes halogenated alkanes) is 19. The lowest BCUT2D eigenvalue weighted by Crippen LogP contribution is -2.45. The van der Waals surface area contributed by atoms with Crippen molar-refractivity contribution in [3.05, 3.63) is 12.2 Å². The molecule has 0 aliphatic heterocycles. The van der Waals surface area contributed by atoms with Crippen LogP contribution in [0.5, 0.6) is 0 Å². The third-order valence-corrected chi connectivity index (χ3v) is 7.32. The van der Waals surface area contributed by atoms with E-state index in [4.69, 9.17) is 0 Å². The van der Waals surface area contributed by atoms with Crippen LogP contribution in [-0.2, 0) is 4.79 Å². The molecule has 3 unspecified atom stereocenters. The fourth-order valence-corrected chi connectivity index (χ4v) is 4.81. The number of hydrogen-bond donors (Lipinski definition) is 4. The lowest BCUT2D eigenvalue weighted by Gasteiger charge is -2.21. The molecule has 1 amide bonds. The van der Waals surface area contributed by atoms with E-state index in [2.05, 4.69) is 19.2 Å². The first-order chi connectivity index (χ1) is 18.0. The molecule has 220 valence electrons. The van der Waals surface area contributed by atoms with Crippen LogP contribution in [0, 0.1) is 0 Å². The molecule has 0 aromatic rings. The molecule has 0 bridgehead atoms. The van der Waals surface area contributed by atoms with Gasteiger partial charge in [-0.25, -0.2) is 0 Å². The Morgan fingerprint density at radius 2 is 1.11 bits per heavy atom. The molecule has 0 aromatic heterocycles. The maximum atomic E-state index is 12.3. The van der Waals surface area contributed by atoms with E-state index in [-0.39, 0.29) is 18.9 Å². The SMILES string of the molecule is CCCCCCCCCCCC/C=C/C(O)C(CO)NC(=O)CC(O)CCCCCCCCCCCC. The van der Waals surface area contributed by atoms with Crippen molar-refractivity contribution in [2.24, 2.45) is 0 Å². The molecule has 0 radical (unpaired) electrons. The highest BCUT2D eigenvalue weighted by atomic mass is 16.3. The molecule has 0 aliphatic carbocycles. The van der Waals surface area contributed by atoms with Crippen molar-refractivity contribution >= 4 is 5.91 Å². The Bertz CT molecular complexity index is 511. The summed E-state index contributed by atoms with van der Waals surface area (Å²) < 4.78 is 0. The van der Waals surface area contributed by atoms with E-state index in [9.17, 15) is 20.1 Å². The molecule has 3 atom stereocenters. The molecular weight excluding hydrogens is 462 g/mol. The van der Waals surface area contributed by atoms with Gasteiger partial charge in [0.25, 0.3) is 0 Å². The van der Waals surface area contributed by atoms with Crippen molar-refractivity contribution in [3.63, 3.8) is 0 Å². The van der Waals surface area contributed by atoms with Gasteiger partial charge in [0, 0.05) is 0 Å². The first-order valence-corrected chi connectivity index (χ1v) is 16.0. The van der Waals surface area contributed by atoms with Crippen LogP contribution in [0.3, 0.4) is 0 Å². The number of aliphatic hydroxyl groups is 3. The first-order valence-electron chi connectivity index (χ1n) is 16.0. The average molecular weight is 526 g/mol. The van der Waals surface area contributed by atoms with Gasteiger partial charge in [-0.05, 0) is 19.3 Å². The Hall–Kier alpha value is -0.910. The monoisotopic (exact) mass is 525 g/mol. The van der Waals surface area contributed by atoms with Crippen LogP contribution in [0.15, 0.2) is 12.2 Å². The normalized spacial score (nSPS) is 14.2. The van der Waals surface area contributed by atoms with Crippen LogP contribution < -0.4 is 5.32 Å². The highest BCUT2D eigenvalue weighted by Crippen LogP contribution is 2.14. The second kappa shape index (κ2) is 28.1. The minimum atomic E-state index is -0.920. The number of hydrogen-bond acceptors (Lipinski definition) is 4. The molecule has 4 N–H and O–H groups in total. The van der Waals surface area contributed by atoms with Crippen molar-refractivity contribution in [1.29, 1.82) is 0 Å². The fraction of sp³-hybridized carbons (Fsp3) is 0.906. The van der Waals surface area contributed by atoms with Gasteiger partial charge < -0.3 is 20.6 Å². The molecule has 37 heavy (non-hydrogen) atoms. The van der Waals surface area contributed by atoms with Gasteiger partial charge in [0.15, 0.2) is 0 Å². The fourth-order valence-electron chi connectivity index (χ4n) is 4.81. The molecule has 5 heteroatoms. The highest BCUT2D eigenvalue weighted by Gasteiger charge is 2.20. The Morgan fingerprint density at radius 1 is 0.676 bits per heavy atom. The van der Waals surface area contributed by atoms with Gasteiger partial charge in [0.2, 0.25) is 5.91 Å². The Labute approximate surface area is 229 Å². The molecule has 0 heterocycles. The molecule has 0 aliphatic rings. The van der Waals surface area contributed by atoms with Gasteiger partial charge in [-0.1, -0.05) is 148 Å². The number of nitrogens with one attached hydrogen (secondary N) is 1. The summed E-state index contributed by atoms with van der Waals surface area (Å²) in [6.45, 7) is 4.16. The van der Waals surface area contributed by atoms with E-state index in [1.165, 1.54) is 109 Å². The Kier molecular flexibility index (Phi) is 27.4. The summed E-state index contributed by atoms with van der Waals surface area (Å²) in [5, 5.41) is 32.8. The summed E-state index contributed by atoms with van der Waals surface area (Å²) in [6, 6.07) is -0.735. The number of carbonyl (C=O) groups is 1. The van der Waals surface area contributed by atoms with Gasteiger partial charge in [0.05, 0.1) is 31.3 Å². The van der Waals surface area contributed by atoms with E-state index < -0.39 is 18.2 Å². The molecule has 0 saturated heterocycles. The van der Waals surface area contributed by atoms with Crippen LogP contribution >= 0.6 is 0 Å². The van der Waals surface area contributed by atoms with E-state index in [1.54, 1.807) is 6.08 Å². The number of aliphatic hydroxyl groups excluding tert-OH is 3. The maximum absolute atomic E-state index is 12.3. The van der Waals surface area contributed by atoms with Crippen molar-refractivity contribution in [3.8, 4) is 0 Å². The molecule has 0 fully saturated rings. The molecule has 0 spiro atoms. The summed E-state index contributed by atoms with van der Waals surface area (Å²) in [7, 11) is 0. The summed E-state index contributed by atoms with van der Waals surface area (Å²) in [4.78, 5) is 12.3. The van der Waals surface area contributed by atoms with Crippen molar-refractivity contribution < 1.29 is 20.1 Å². The minimum Gasteiger partial charge on any atom is -0.394 e. The zero-order valence-corrected chi connectivity index (χ0v) is 24.6. The van der Waals surface area contributed by atoms with Gasteiger partial charge >= 0.3 is 0 Å². The molecular formula is C32H63NO4. The first kappa shape index (κ1) is 36.1. The van der Waals surface area contributed by atoms with E-state index in [1.807, 2.05) is 6.08 Å². The zero-order chi connectivity index (χ0) is 27.4. The van der Waals surface area contributed by atoms with Crippen LogP contribution in [0.1, 0.15) is 162 Å². The van der Waals surface area contributed by atoms with E-state index in [0.29, 0.717) is 6.42 Å². The van der Waals surface area contributed by atoms with Gasteiger partial charge in [-0.2, -0.15) is 0 Å². The number of allylic oxidation sites excluding steroid dienone is 1. The van der Waals surface area contributed by atoms with E-state index in [0.717, 1.165) is 25.7 Å². The van der Waals surface area contributed by atoms with Crippen molar-refractivity contribution in [1.82, 2.24) is 5.32 Å². The Morgan fingerprint density at radius 3 is 1.57 bits per heavy atom. The summed E-state index contributed by atoms with van der Waals surface area (Å²) in [6.07, 6.45) is 29.0. The maximum Gasteiger partial charge on any atom is 0.222 e. The third-order valence-electron chi connectivity index (χ3n) is 7.32. The zero-order valence-electron chi connectivity index (χ0n) is 24.6. The summed E-state index contributed by atoms with van der Waals surface area (Å²) in [5.74, 6) is -0.319. The summed E-state index contributed by atoms with van der Waals surface area (Å²) in [5.41, 5.74) is 0. The molecule has 0 rings (SSSR count).